The molecule has 2 N–H and O–H groups in total. The van der Waals surface area contributed by atoms with Gasteiger partial charge in [0.2, 0.25) is 0 Å². The minimum atomic E-state index is -0.962. The minimum absolute atomic E-state index is 0.582. The standard InChI is InChI=1S/C16H27N3OS/c1-4-17-16(18-11-10-14(2)3)19-12-13-21(20)15-8-6-5-7-9-15/h5-9,14H,4,10-13H2,1-3H3,(H2,17,18,19). The van der Waals surface area contributed by atoms with Gasteiger partial charge in [-0.05, 0) is 31.4 Å². The van der Waals surface area contributed by atoms with Crippen molar-refractivity contribution in [2.24, 2.45) is 10.9 Å². The van der Waals surface area contributed by atoms with Crippen LogP contribution in [0.25, 0.3) is 0 Å². The summed E-state index contributed by atoms with van der Waals surface area (Å²) in [6.07, 6.45) is 1.08. The van der Waals surface area contributed by atoms with E-state index < -0.39 is 10.8 Å². The van der Waals surface area contributed by atoms with E-state index in [1.807, 2.05) is 37.3 Å². The van der Waals surface area contributed by atoms with E-state index in [9.17, 15) is 4.21 Å². The third-order valence-electron chi connectivity index (χ3n) is 2.91. The Labute approximate surface area is 130 Å². The van der Waals surface area contributed by atoms with E-state index in [4.69, 9.17) is 0 Å². The molecule has 0 heterocycles. The number of guanidine groups is 1. The number of nitrogens with one attached hydrogen (secondary N) is 2. The monoisotopic (exact) mass is 309 g/mol. The molecular weight excluding hydrogens is 282 g/mol. The molecule has 118 valence electrons. The lowest BCUT2D eigenvalue weighted by Crippen LogP contribution is -2.39. The van der Waals surface area contributed by atoms with E-state index in [-0.39, 0.29) is 0 Å². The van der Waals surface area contributed by atoms with Crippen molar-refractivity contribution >= 4 is 16.8 Å². The highest BCUT2D eigenvalue weighted by Gasteiger charge is 2.03. The summed E-state index contributed by atoms with van der Waals surface area (Å²) in [6, 6.07) is 9.57. The molecule has 4 nitrogen and oxygen atoms in total. The smallest absolute Gasteiger partial charge is 0.191 e. The first-order chi connectivity index (χ1) is 10.1. The van der Waals surface area contributed by atoms with Crippen LogP contribution in [0.3, 0.4) is 0 Å². The molecule has 1 atom stereocenters. The van der Waals surface area contributed by atoms with Crippen LogP contribution in [0.4, 0.5) is 0 Å². The van der Waals surface area contributed by atoms with Crippen molar-refractivity contribution in [3.05, 3.63) is 30.3 Å². The van der Waals surface area contributed by atoms with Gasteiger partial charge in [0.05, 0.1) is 10.8 Å². The Hall–Kier alpha value is -1.36. The van der Waals surface area contributed by atoms with Gasteiger partial charge in [0.15, 0.2) is 5.96 Å². The predicted molar refractivity (Wildman–Crippen MR) is 91.2 cm³/mol. The summed E-state index contributed by atoms with van der Waals surface area (Å²) in [6.45, 7) is 8.72. The molecular formula is C16H27N3OS. The highest BCUT2D eigenvalue weighted by atomic mass is 32.2. The van der Waals surface area contributed by atoms with Crippen molar-refractivity contribution in [1.29, 1.82) is 0 Å². The van der Waals surface area contributed by atoms with Gasteiger partial charge in [-0.1, -0.05) is 32.0 Å². The van der Waals surface area contributed by atoms with Crippen molar-refractivity contribution < 1.29 is 4.21 Å². The SMILES string of the molecule is CCNC(=NCCC(C)C)NCCS(=O)c1ccccc1. The fraction of sp³-hybridized carbons (Fsp3) is 0.562. The van der Waals surface area contributed by atoms with Crippen LogP contribution in [-0.4, -0.2) is 35.6 Å². The molecule has 1 rings (SSSR count). The summed E-state index contributed by atoms with van der Waals surface area (Å²) in [5.74, 6) is 2.05. The van der Waals surface area contributed by atoms with Crippen LogP contribution in [0.15, 0.2) is 40.2 Å². The van der Waals surface area contributed by atoms with Gasteiger partial charge < -0.3 is 10.6 Å². The second kappa shape index (κ2) is 10.4. The third kappa shape index (κ3) is 7.85. The second-order valence-corrected chi connectivity index (χ2v) is 6.80. The molecule has 1 unspecified atom stereocenters. The highest BCUT2D eigenvalue weighted by Crippen LogP contribution is 2.04. The van der Waals surface area contributed by atoms with E-state index in [0.29, 0.717) is 18.2 Å². The molecule has 1 aromatic rings. The van der Waals surface area contributed by atoms with E-state index in [1.54, 1.807) is 0 Å². The maximum Gasteiger partial charge on any atom is 0.191 e. The van der Waals surface area contributed by atoms with Gasteiger partial charge in [-0.25, -0.2) is 0 Å². The number of aliphatic imine (C=N–C) groups is 1. The van der Waals surface area contributed by atoms with E-state index in [1.165, 1.54) is 0 Å². The Morgan fingerprint density at radius 2 is 1.95 bits per heavy atom. The first kappa shape index (κ1) is 17.7. The van der Waals surface area contributed by atoms with Gasteiger partial charge in [0.1, 0.15) is 0 Å². The Morgan fingerprint density at radius 3 is 2.57 bits per heavy atom. The van der Waals surface area contributed by atoms with Crippen molar-refractivity contribution in [3.63, 3.8) is 0 Å². The fourth-order valence-electron chi connectivity index (χ4n) is 1.73. The molecule has 0 amide bonds. The minimum Gasteiger partial charge on any atom is -0.357 e. The van der Waals surface area contributed by atoms with Crippen LogP contribution in [-0.2, 0) is 10.8 Å². The Morgan fingerprint density at radius 1 is 1.24 bits per heavy atom. The van der Waals surface area contributed by atoms with Crippen LogP contribution in [0.1, 0.15) is 27.2 Å². The van der Waals surface area contributed by atoms with Crippen LogP contribution in [0.5, 0.6) is 0 Å². The van der Waals surface area contributed by atoms with Crippen molar-refractivity contribution in [2.75, 3.05) is 25.4 Å². The van der Waals surface area contributed by atoms with Gasteiger partial charge >= 0.3 is 0 Å². The molecule has 0 saturated heterocycles. The van der Waals surface area contributed by atoms with E-state index in [0.717, 1.165) is 30.4 Å². The summed E-state index contributed by atoms with van der Waals surface area (Å²) >= 11 is 0. The average molecular weight is 309 g/mol. The summed E-state index contributed by atoms with van der Waals surface area (Å²) in [7, 11) is -0.962. The molecule has 0 radical (unpaired) electrons. The van der Waals surface area contributed by atoms with Gasteiger partial charge in [0.25, 0.3) is 0 Å². The third-order valence-corrected chi connectivity index (χ3v) is 4.28. The van der Waals surface area contributed by atoms with Crippen LogP contribution >= 0.6 is 0 Å². The lowest BCUT2D eigenvalue weighted by Gasteiger charge is -2.11. The van der Waals surface area contributed by atoms with Crippen molar-refractivity contribution in [1.82, 2.24) is 10.6 Å². The molecule has 5 heteroatoms. The number of rotatable bonds is 8. The molecule has 21 heavy (non-hydrogen) atoms. The second-order valence-electron chi connectivity index (χ2n) is 5.23. The van der Waals surface area contributed by atoms with Gasteiger partial charge in [-0.2, -0.15) is 0 Å². The molecule has 0 fully saturated rings. The first-order valence-corrected chi connectivity index (χ1v) is 8.91. The maximum atomic E-state index is 12.1. The molecule has 0 aliphatic carbocycles. The van der Waals surface area contributed by atoms with Crippen LogP contribution in [0, 0.1) is 5.92 Å². The van der Waals surface area contributed by atoms with Crippen LogP contribution < -0.4 is 10.6 Å². The molecule has 0 bridgehead atoms. The molecule has 0 aliphatic heterocycles. The molecule has 1 aromatic carbocycles. The zero-order chi connectivity index (χ0) is 15.5. The van der Waals surface area contributed by atoms with Gasteiger partial charge in [-0.15, -0.1) is 0 Å². The average Bonchev–Trinajstić information content (AvgIpc) is 2.47. The molecule has 0 saturated carbocycles. The number of hydrogen-bond acceptors (Lipinski definition) is 2. The van der Waals surface area contributed by atoms with Crippen molar-refractivity contribution in [2.45, 2.75) is 32.1 Å². The zero-order valence-corrected chi connectivity index (χ0v) is 14.1. The zero-order valence-electron chi connectivity index (χ0n) is 13.3. The lowest BCUT2D eigenvalue weighted by atomic mass is 10.1. The van der Waals surface area contributed by atoms with E-state index >= 15 is 0 Å². The first-order valence-electron chi connectivity index (χ1n) is 7.59. The predicted octanol–water partition coefficient (Wildman–Crippen LogP) is 2.40. The molecule has 0 aromatic heterocycles. The highest BCUT2D eigenvalue weighted by molar-refractivity contribution is 7.85. The largest absolute Gasteiger partial charge is 0.357 e. The summed E-state index contributed by atoms with van der Waals surface area (Å²) in [5, 5.41) is 6.45. The number of nitrogens with zero attached hydrogens (tertiary/aromatic N) is 1. The molecule has 0 aliphatic rings. The normalized spacial score (nSPS) is 13.2. The summed E-state index contributed by atoms with van der Waals surface area (Å²) < 4.78 is 12.1. The maximum absolute atomic E-state index is 12.1. The van der Waals surface area contributed by atoms with E-state index in [2.05, 4.69) is 29.5 Å². The summed E-state index contributed by atoms with van der Waals surface area (Å²) in [5.41, 5.74) is 0. The Kier molecular flexibility index (Phi) is 8.74. The van der Waals surface area contributed by atoms with Gasteiger partial charge in [-0.3, -0.25) is 9.20 Å². The lowest BCUT2D eigenvalue weighted by molar-refractivity contribution is 0.594. The molecule has 0 spiro atoms. The number of hydrogen-bond donors (Lipinski definition) is 2. The summed E-state index contributed by atoms with van der Waals surface area (Å²) in [4.78, 5) is 5.39. The van der Waals surface area contributed by atoms with Crippen molar-refractivity contribution in [3.8, 4) is 0 Å². The quantitative estimate of drug-likeness (QED) is 0.573. The number of benzene rings is 1. The van der Waals surface area contributed by atoms with Gasteiger partial charge in [0, 0.05) is 30.3 Å². The topological polar surface area (TPSA) is 53.5 Å². The van der Waals surface area contributed by atoms with Crippen LogP contribution in [0.2, 0.25) is 0 Å². The fourth-order valence-corrected chi connectivity index (χ4v) is 2.71. The Bertz CT molecular complexity index is 446. The Balaban J connectivity index is 2.37.